The first kappa shape index (κ1) is 15.2. The van der Waals surface area contributed by atoms with Crippen molar-refractivity contribution in [2.24, 2.45) is 0 Å². The second-order valence-corrected chi connectivity index (χ2v) is 6.27. The number of anilines is 2. The van der Waals surface area contributed by atoms with Gasteiger partial charge in [-0.15, -0.1) is 0 Å². The molecule has 28 heavy (non-hydrogen) atoms. The van der Waals surface area contributed by atoms with Crippen molar-refractivity contribution in [1.82, 2.24) is 15.3 Å². The number of amides is 1. The number of carbonyl (C=O) groups is 1. The van der Waals surface area contributed by atoms with Crippen LogP contribution < -0.4 is 25.4 Å². The van der Waals surface area contributed by atoms with E-state index < -0.39 is 19.0 Å². The van der Waals surface area contributed by atoms with Gasteiger partial charge in [0, 0.05) is 42.2 Å². The van der Waals surface area contributed by atoms with Crippen molar-refractivity contribution in [3.05, 3.63) is 12.1 Å². The zero-order valence-electron chi connectivity index (χ0n) is 19.9. The van der Waals surface area contributed by atoms with E-state index in [0.29, 0.717) is 41.9 Å². The second kappa shape index (κ2) is 8.92. The predicted molar refractivity (Wildman–Crippen MR) is 107 cm³/mol. The van der Waals surface area contributed by atoms with Crippen molar-refractivity contribution in [3.8, 4) is 11.5 Å². The van der Waals surface area contributed by atoms with Crippen molar-refractivity contribution >= 4 is 28.6 Å². The van der Waals surface area contributed by atoms with Crippen molar-refractivity contribution < 1.29 is 24.5 Å². The molecule has 0 saturated carbocycles. The van der Waals surface area contributed by atoms with Gasteiger partial charge in [0.05, 0.1) is 21.1 Å². The molecule has 1 aromatic heterocycles. The van der Waals surface area contributed by atoms with Crippen LogP contribution in [0.5, 0.6) is 11.5 Å². The van der Waals surface area contributed by atoms with Gasteiger partial charge in [0.25, 0.3) is 0 Å². The number of benzene rings is 1. The zero-order valence-corrected chi connectivity index (χ0v) is 15.9. The van der Waals surface area contributed by atoms with Gasteiger partial charge in [-0.2, -0.15) is 4.98 Å². The summed E-state index contributed by atoms with van der Waals surface area (Å²) in [6, 6.07) is 3.23. The number of fused-ring (bicyclic) bond motifs is 1. The Morgan fingerprint density at radius 1 is 1.43 bits per heavy atom. The molecule has 1 aliphatic heterocycles. The Hall–Kier alpha value is -2.81. The summed E-state index contributed by atoms with van der Waals surface area (Å²) in [5.74, 6) is 0.380. The Bertz CT molecular complexity index is 982. The Balaban J connectivity index is 1.77. The predicted octanol–water partition coefficient (Wildman–Crippen LogP) is 1.35. The normalized spacial score (nSPS) is 21.4. The van der Waals surface area contributed by atoms with Crippen molar-refractivity contribution in [3.63, 3.8) is 0 Å². The van der Waals surface area contributed by atoms with Gasteiger partial charge in [-0.3, -0.25) is 4.79 Å². The first-order valence-electron chi connectivity index (χ1n) is 11.0. The van der Waals surface area contributed by atoms with Crippen LogP contribution in [-0.4, -0.2) is 62.8 Å². The summed E-state index contributed by atoms with van der Waals surface area (Å²) in [5, 5.41) is 3.14. The highest BCUT2D eigenvalue weighted by molar-refractivity contribution is 5.91. The molecule has 0 aliphatic carbocycles. The molecule has 2 aromatic rings. The Morgan fingerprint density at radius 2 is 2.21 bits per heavy atom. The average molecular weight is 393 g/mol. The number of rotatable bonds is 8. The monoisotopic (exact) mass is 393 g/mol. The topological polar surface area (TPSA) is 112 Å². The highest BCUT2D eigenvalue weighted by Gasteiger charge is 2.22. The van der Waals surface area contributed by atoms with Crippen LogP contribution in [0, 0.1) is 0 Å². The number of methoxy groups -OCH3 is 2. The number of aromatic nitrogens is 2. The van der Waals surface area contributed by atoms with Crippen LogP contribution in [0.1, 0.15) is 24.7 Å². The van der Waals surface area contributed by atoms with Gasteiger partial charge in [0.1, 0.15) is 11.9 Å². The number of nitrogens with zero attached hydrogens (tertiary/aromatic N) is 3. The molecular weight excluding hydrogens is 362 g/mol. The SMILES string of the molecule is [2H]C1(C(=O)NCCCN(c2nc(N)c3cc(OC)c(OC)cc3n2)C([2H])([2H])[2H])CCCO1. The van der Waals surface area contributed by atoms with Gasteiger partial charge in [-0.05, 0) is 25.3 Å². The van der Waals surface area contributed by atoms with Crippen molar-refractivity contribution in [2.75, 3.05) is 51.5 Å². The van der Waals surface area contributed by atoms with Crippen LogP contribution in [0.15, 0.2) is 12.1 Å². The molecule has 152 valence electrons. The standard InChI is InChI=1S/C19H27N5O4/c1-24(8-5-7-21-18(25)14-6-4-9-28-14)19-22-13-11-16(27-3)15(26-2)10-12(13)17(20)23-19/h10-11,14H,4-9H2,1-3H3,(H,21,25)(H2,20,22,23)/i1D3,14D. The van der Waals surface area contributed by atoms with Gasteiger partial charge in [0.2, 0.25) is 11.9 Å². The molecule has 9 nitrogen and oxygen atoms in total. The molecule has 1 amide bonds. The summed E-state index contributed by atoms with van der Waals surface area (Å²) in [4.78, 5) is 21.8. The summed E-state index contributed by atoms with van der Waals surface area (Å²) >= 11 is 0. The minimum absolute atomic E-state index is 0.0286. The van der Waals surface area contributed by atoms with E-state index in [-0.39, 0.29) is 31.3 Å². The van der Waals surface area contributed by atoms with Crippen LogP contribution in [0.3, 0.4) is 0 Å². The third-order valence-corrected chi connectivity index (χ3v) is 4.38. The number of hydrogen-bond donors (Lipinski definition) is 2. The first-order valence-corrected chi connectivity index (χ1v) is 8.98. The van der Waals surface area contributed by atoms with E-state index in [4.69, 9.17) is 25.4 Å². The van der Waals surface area contributed by atoms with Crippen LogP contribution >= 0.6 is 0 Å². The van der Waals surface area contributed by atoms with Crippen molar-refractivity contribution in [2.45, 2.75) is 25.3 Å². The molecule has 2 heterocycles. The molecule has 3 rings (SSSR count). The quantitative estimate of drug-likeness (QED) is 0.647. The third kappa shape index (κ3) is 4.36. The maximum Gasteiger partial charge on any atom is 0.249 e. The molecule has 1 aliphatic rings. The summed E-state index contributed by atoms with van der Waals surface area (Å²) in [6.07, 6.45) is -0.299. The van der Waals surface area contributed by atoms with Crippen LogP contribution in [0.2, 0.25) is 0 Å². The van der Waals surface area contributed by atoms with E-state index in [1.165, 1.54) is 14.2 Å². The fourth-order valence-electron chi connectivity index (χ4n) is 2.90. The van der Waals surface area contributed by atoms with Crippen LogP contribution in [0.25, 0.3) is 10.9 Å². The Kier molecular flexibility index (Phi) is 4.83. The lowest BCUT2D eigenvalue weighted by Gasteiger charge is -2.19. The van der Waals surface area contributed by atoms with Gasteiger partial charge >= 0.3 is 0 Å². The summed E-state index contributed by atoms with van der Waals surface area (Å²) in [7, 11) is 2.97. The van der Waals surface area contributed by atoms with E-state index >= 15 is 0 Å². The minimum Gasteiger partial charge on any atom is -0.493 e. The summed E-state index contributed by atoms with van der Waals surface area (Å²) in [5.41, 5.74) is 6.49. The molecule has 1 fully saturated rings. The number of nitrogens with two attached hydrogens (primary N) is 1. The Morgan fingerprint density at radius 3 is 2.89 bits per heavy atom. The van der Waals surface area contributed by atoms with E-state index in [0.717, 1.165) is 4.90 Å². The molecule has 1 aromatic carbocycles. The molecule has 3 N–H and O–H groups in total. The van der Waals surface area contributed by atoms with Crippen LogP contribution in [-0.2, 0) is 9.53 Å². The molecular formula is C19H27N5O4. The molecule has 1 unspecified atom stereocenters. The van der Waals surface area contributed by atoms with Gasteiger partial charge < -0.3 is 30.2 Å². The first-order chi connectivity index (χ1) is 15.1. The molecule has 1 atom stereocenters. The van der Waals surface area contributed by atoms with Gasteiger partial charge in [-0.25, -0.2) is 4.98 Å². The molecule has 9 heteroatoms. The van der Waals surface area contributed by atoms with Crippen molar-refractivity contribution in [1.29, 1.82) is 0 Å². The molecule has 0 spiro atoms. The van der Waals surface area contributed by atoms with Gasteiger partial charge in [0.15, 0.2) is 11.5 Å². The van der Waals surface area contributed by atoms with E-state index in [9.17, 15) is 4.79 Å². The smallest absolute Gasteiger partial charge is 0.249 e. The molecule has 0 radical (unpaired) electrons. The fourth-order valence-corrected chi connectivity index (χ4v) is 2.90. The number of nitrogens with one attached hydrogen (secondary N) is 1. The second-order valence-electron chi connectivity index (χ2n) is 6.27. The molecule has 0 bridgehead atoms. The largest absolute Gasteiger partial charge is 0.493 e. The maximum absolute atomic E-state index is 12.2. The lowest BCUT2D eigenvalue weighted by molar-refractivity contribution is -0.130. The summed E-state index contributed by atoms with van der Waals surface area (Å²) < 4.78 is 47.4. The Labute approximate surface area is 169 Å². The number of nitrogen functional groups attached to an aromatic ring is 1. The lowest BCUT2D eigenvalue weighted by Crippen LogP contribution is -2.36. The fraction of sp³-hybridized carbons (Fsp3) is 0.526. The lowest BCUT2D eigenvalue weighted by atomic mass is 10.2. The van der Waals surface area contributed by atoms with E-state index in [2.05, 4.69) is 15.3 Å². The highest BCUT2D eigenvalue weighted by atomic mass is 16.5. The number of ether oxygens (including phenoxy) is 3. The molecule has 1 saturated heterocycles. The third-order valence-electron chi connectivity index (χ3n) is 4.38. The van der Waals surface area contributed by atoms with Crippen LogP contribution in [0.4, 0.5) is 11.8 Å². The minimum atomic E-state index is -2.54. The average Bonchev–Trinajstić information content (AvgIpc) is 3.19. The summed E-state index contributed by atoms with van der Waals surface area (Å²) in [6.45, 7) is -1.96. The van der Waals surface area contributed by atoms with E-state index in [1.807, 2.05) is 0 Å². The van der Waals surface area contributed by atoms with Gasteiger partial charge in [-0.1, -0.05) is 0 Å². The zero-order chi connectivity index (χ0) is 23.5. The maximum atomic E-state index is 12.2. The number of hydrogen-bond acceptors (Lipinski definition) is 8. The highest BCUT2D eigenvalue weighted by Crippen LogP contribution is 2.33. The number of carbonyl (C=O) groups excluding carboxylic acids is 1. The van der Waals surface area contributed by atoms with E-state index in [1.54, 1.807) is 12.1 Å².